The normalized spacial score (nSPS) is 12.9. The van der Waals surface area contributed by atoms with E-state index in [4.69, 9.17) is 29.4 Å². The predicted molar refractivity (Wildman–Crippen MR) is 101 cm³/mol. The van der Waals surface area contributed by atoms with Crippen molar-refractivity contribution in [2.75, 3.05) is 42.1 Å². The van der Waals surface area contributed by atoms with Gasteiger partial charge in [0.2, 0.25) is 17.2 Å². The molecule has 2 unspecified atom stereocenters. The molecule has 2 atom stereocenters. The number of benzene rings is 1. The van der Waals surface area contributed by atoms with Gasteiger partial charge in [-0.1, -0.05) is 13.3 Å². The van der Waals surface area contributed by atoms with Crippen LogP contribution in [0.4, 0.5) is 0 Å². The molecule has 0 heterocycles. The van der Waals surface area contributed by atoms with Gasteiger partial charge in [-0.25, -0.2) is 0 Å². The van der Waals surface area contributed by atoms with Gasteiger partial charge in [-0.05, 0) is 18.8 Å². The highest BCUT2D eigenvalue weighted by atomic mass is 16.6. The highest BCUT2D eigenvalue weighted by Gasteiger charge is 2.30. The zero-order chi connectivity index (χ0) is 20.6. The molecule has 3 N–H and O–H groups in total. The number of hydrogen-bond donors (Lipinski definition) is 2. The lowest BCUT2D eigenvalue weighted by atomic mass is 9.86. The number of carboxylic acids is 1. The molecule has 0 aromatic heterocycles. The second-order valence-electron chi connectivity index (χ2n) is 6.13. The maximum absolute atomic E-state index is 11.4. The van der Waals surface area contributed by atoms with Gasteiger partial charge in [0.05, 0.1) is 41.5 Å². The van der Waals surface area contributed by atoms with Crippen LogP contribution in [0.3, 0.4) is 0 Å². The summed E-state index contributed by atoms with van der Waals surface area (Å²) >= 11 is 0. The minimum Gasteiger partial charge on any atom is -0.492 e. The first-order chi connectivity index (χ1) is 12.9. The molecule has 0 fully saturated rings. The van der Waals surface area contributed by atoms with Gasteiger partial charge < -0.3 is 34.5 Å². The van der Waals surface area contributed by atoms with E-state index in [1.807, 2.05) is 6.92 Å². The molecule has 1 rings (SSSR count). The number of carboxylic acid groups (broad SMARTS) is 1. The molecule has 27 heavy (non-hydrogen) atoms. The zero-order valence-corrected chi connectivity index (χ0v) is 17.0. The third-order valence-electron chi connectivity index (χ3n) is 4.72. The van der Waals surface area contributed by atoms with Crippen molar-refractivity contribution in [1.29, 1.82) is 0 Å². The molecule has 8 heteroatoms. The number of nitrogens with two attached hydrogens (primary N) is 1. The van der Waals surface area contributed by atoms with Crippen LogP contribution in [0.25, 0.3) is 0 Å². The summed E-state index contributed by atoms with van der Waals surface area (Å²) in [5.41, 5.74) is 6.36. The van der Waals surface area contributed by atoms with Crippen molar-refractivity contribution < 1.29 is 33.6 Å². The molecule has 0 aliphatic rings. The SMILES string of the molecule is CCC(Cc1c(OC)c(OC)c(OC)c(OC)c1OC)CC(CN)C(=O)O. The highest BCUT2D eigenvalue weighted by molar-refractivity contribution is 5.71. The summed E-state index contributed by atoms with van der Waals surface area (Å²) in [5, 5.41) is 9.33. The second-order valence-corrected chi connectivity index (χ2v) is 6.13. The maximum atomic E-state index is 11.4. The van der Waals surface area contributed by atoms with Gasteiger partial charge in [0.1, 0.15) is 0 Å². The van der Waals surface area contributed by atoms with Crippen LogP contribution in [0.5, 0.6) is 28.7 Å². The standard InChI is InChI=1S/C19H31NO7/c1-7-11(8-12(10-20)19(21)22)9-13-14(23-2)16(25-4)18(27-6)17(26-5)15(13)24-3/h11-12H,7-10,20H2,1-6H3,(H,21,22). The van der Waals surface area contributed by atoms with Gasteiger partial charge in [0, 0.05) is 12.1 Å². The smallest absolute Gasteiger partial charge is 0.307 e. The number of methoxy groups -OCH3 is 5. The Kier molecular flexibility index (Phi) is 9.00. The predicted octanol–water partition coefficient (Wildman–Crippen LogP) is 2.35. The summed E-state index contributed by atoms with van der Waals surface area (Å²) < 4.78 is 27.6. The fraction of sp³-hybridized carbons (Fsp3) is 0.632. The molecule has 0 saturated carbocycles. The average molecular weight is 385 g/mol. The Labute approximate surface area is 160 Å². The molecule has 0 amide bonds. The molecule has 154 valence electrons. The van der Waals surface area contributed by atoms with Crippen molar-refractivity contribution in [3.05, 3.63) is 5.56 Å². The quantitative estimate of drug-likeness (QED) is 0.564. The fourth-order valence-corrected chi connectivity index (χ4v) is 3.24. The first-order valence-electron chi connectivity index (χ1n) is 8.79. The van der Waals surface area contributed by atoms with E-state index in [-0.39, 0.29) is 12.5 Å². The van der Waals surface area contributed by atoms with Gasteiger partial charge in [0.25, 0.3) is 0 Å². The molecule has 0 radical (unpaired) electrons. The van der Waals surface area contributed by atoms with E-state index in [9.17, 15) is 9.90 Å². The zero-order valence-electron chi connectivity index (χ0n) is 17.0. The number of hydrogen-bond acceptors (Lipinski definition) is 7. The second kappa shape index (κ2) is 10.7. The van der Waals surface area contributed by atoms with Crippen molar-refractivity contribution in [1.82, 2.24) is 0 Å². The van der Waals surface area contributed by atoms with Crippen molar-refractivity contribution in [2.24, 2.45) is 17.6 Å². The Bertz CT molecular complexity index is 600. The summed E-state index contributed by atoms with van der Waals surface area (Å²) in [4.78, 5) is 11.4. The van der Waals surface area contributed by atoms with Crippen molar-refractivity contribution in [2.45, 2.75) is 26.2 Å². The van der Waals surface area contributed by atoms with E-state index < -0.39 is 11.9 Å². The van der Waals surface area contributed by atoms with Gasteiger partial charge >= 0.3 is 5.97 Å². The lowest BCUT2D eigenvalue weighted by Gasteiger charge is -2.25. The van der Waals surface area contributed by atoms with Crippen LogP contribution >= 0.6 is 0 Å². The largest absolute Gasteiger partial charge is 0.492 e. The molecule has 8 nitrogen and oxygen atoms in total. The summed E-state index contributed by atoms with van der Waals surface area (Å²) in [5.74, 6) is 0.687. The van der Waals surface area contributed by atoms with Crippen molar-refractivity contribution in [3.8, 4) is 28.7 Å². The molecule has 0 saturated heterocycles. The van der Waals surface area contributed by atoms with E-state index in [0.29, 0.717) is 41.6 Å². The molecule has 0 spiro atoms. The van der Waals surface area contributed by atoms with Crippen molar-refractivity contribution >= 4 is 5.97 Å². The number of carbonyl (C=O) groups is 1. The third kappa shape index (κ3) is 4.88. The molecule has 0 aliphatic carbocycles. The minimum absolute atomic E-state index is 0.0558. The van der Waals surface area contributed by atoms with Crippen LogP contribution in [-0.2, 0) is 11.2 Å². The molecular formula is C19H31NO7. The van der Waals surface area contributed by atoms with E-state index in [1.54, 1.807) is 0 Å². The van der Waals surface area contributed by atoms with Crippen LogP contribution in [-0.4, -0.2) is 53.2 Å². The Balaban J connectivity index is 3.49. The monoisotopic (exact) mass is 385 g/mol. The molecule has 0 bridgehead atoms. The Morgan fingerprint density at radius 2 is 1.30 bits per heavy atom. The lowest BCUT2D eigenvalue weighted by Crippen LogP contribution is -2.26. The first-order valence-corrected chi connectivity index (χ1v) is 8.79. The Hall–Kier alpha value is -2.35. The maximum Gasteiger partial charge on any atom is 0.307 e. The summed E-state index contributed by atoms with van der Waals surface area (Å²) in [6.45, 7) is 2.10. The van der Waals surface area contributed by atoms with Gasteiger partial charge in [-0.15, -0.1) is 0 Å². The fourth-order valence-electron chi connectivity index (χ4n) is 3.24. The molecule has 1 aromatic rings. The van der Waals surface area contributed by atoms with Gasteiger partial charge in [0.15, 0.2) is 11.5 Å². The minimum atomic E-state index is -0.889. The average Bonchev–Trinajstić information content (AvgIpc) is 2.68. The summed E-state index contributed by atoms with van der Waals surface area (Å²) in [6, 6.07) is 0. The highest BCUT2D eigenvalue weighted by Crippen LogP contribution is 2.54. The lowest BCUT2D eigenvalue weighted by molar-refractivity contribution is -0.142. The number of aliphatic carboxylic acids is 1. The van der Waals surface area contributed by atoms with Crippen LogP contribution in [0.15, 0.2) is 0 Å². The van der Waals surface area contributed by atoms with E-state index in [0.717, 1.165) is 12.0 Å². The van der Waals surface area contributed by atoms with Crippen LogP contribution < -0.4 is 29.4 Å². The molecule has 1 aromatic carbocycles. The van der Waals surface area contributed by atoms with Crippen LogP contribution in [0.1, 0.15) is 25.3 Å². The van der Waals surface area contributed by atoms with E-state index in [1.165, 1.54) is 35.5 Å². The van der Waals surface area contributed by atoms with Crippen LogP contribution in [0, 0.1) is 11.8 Å². The van der Waals surface area contributed by atoms with E-state index >= 15 is 0 Å². The third-order valence-corrected chi connectivity index (χ3v) is 4.72. The Morgan fingerprint density at radius 1 is 0.889 bits per heavy atom. The summed E-state index contributed by atoms with van der Waals surface area (Å²) in [6.07, 6.45) is 1.74. The van der Waals surface area contributed by atoms with Crippen molar-refractivity contribution in [3.63, 3.8) is 0 Å². The number of ether oxygens (including phenoxy) is 5. The van der Waals surface area contributed by atoms with Gasteiger partial charge in [-0.2, -0.15) is 0 Å². The Morgan fingerprint density at radius 3 is 1.59 bits per heavy atom. The number of rotatable bonds is 12. The summed E-state index contributed by atoms with van der Waals surface area (Å²) in [7, 11) is 7.61. The molecule has 0 aliphatic heterocycles. The molecular weight excluding hydrogens is 354 g/mol. The van der Waals surface area contributed by atoms with E-state index in [2.05, 4.69) is 0 Å². The van der Waals surface area contributed by atoms with Crippen LogP contribution in [0.2, 0.25) is 0 Å². The van der Waals surface area contributed by atoms with Gasteiger partial charge in [-0.3, -0.25) is 4.79 Å². The first kappa shape index (κ1) is 22.7. The topological polar surface area (TPSA) is 109 Å².